The molecule has 1 aromatic heterocycles. The molecule has 0 fully saturated rings. The first-order valence-corrected chi connectivity index (χ1v) is 15.7. The number of carbonyl (C=O) groups is 2. The number of likely N-dealkylation sites (N-methyl/N-ethyl adjacent to an activating group) is 1. The Morgan fingerprint density at radius 3 is 2.02 bits per heavy atom. The third-order valence-electron chi connectivity index (χ3n) is 8.73. The first kappa shape index (κ1) is 38.4. The summed E-state index contributed by atoms with van der Waals surface area (Å²) in [7, 11) is 3.36. The predicted molar refractivity (Wildman–Crippen MR) is 175 cm³/mol. The van der Waals surface area contributed by atoms with Crippen molar-refractivity contribution in [2.75, 3.05) is 20.6 Å². The van der Waals surface area contributed by atoms with Gasteiger partial charge in [-0.25, -0.2) is 8.78 Å². The molecule has 0 saturated carbocycles. The van der Waals surface area contributed by atoms with Crippen LogP contribution in [0.1, 0.15) is 83.3 Å². The van der Waals surface area contributed by atoms with Gasteiger partial charge in [0, 0.05) is 29.9 Å². The van der Waals surface area contributed by atoms with Crippen LogP contribution in [0.25, 0.3) is 11.1 Å². The number of halogens is 5. The topological polar surface area (TPSA) is 91.6 Å². The quantitative estimate of drug-likeness (QED) is 0.195. The zero-order valence-electron chi connectivity index (χ0n) is 28.8. The number of carboxylic acids is 1. The second kappa shape index (κ2) is 15.0. The Kier molecular flexibility index (Phi) is 12.0. The number of nitrogens with one attached hydrogen (secondary N) is 1. The van der Waals surface area contributed by atoms with E-state index in [9.17, 15) is 32.7 Å². The number of aliphatic carboxylic acids is 1. The molecule has 1 heterocycles. The van der Waals surface area contributed by atoms with E-state index in [0.29, 0.717) is 11.6 Å². The summed E-state index contributed by atoms with van der Waals surface area (Å²) in [6.45, 7) is 12.4. The van der Waals surface area contributed by atoms with Gasteiger partial charge in [-0.3, -0.25) is 14.4 Å². The number of rotatable bonds is 12. The molecule has 3 aromatic rings. The molecule has 0 saturated heterocycles. The molecule has 2 aromatic carbocycles. The van der Waals surface area contributed by atoms with Gasteiger partial charge in [-0.1, -0.05) is 19.9 Å². The van der Waals surface area contributed by atoms with Crippen LogP contribution >= 0.6 is 0 Å². The van der Waals surface area contributed by atoms with Crippen LogP contribution in [0.3, 0.4) is 0 Å². The minimum Gasteiger partial charge on any atom is -0.481 e. The number of hydrogen-bond donors (Lipinski definition) is 2. The van der Waals surface area contributed by atoms with Gasteiger partial charge in [0.15, 0.2) is 0 Å². The molecule has 0 spiro atoms. The molecule has 48 heavy (non-hydrogen) atoms. The fourth-order valence-electron chi connectivity index (χ4n) is 6.01. The van der Waals surface area contributed by atoms with Gasteiger partial charge >= 0.3 is 12.1 Å². The van der Waals surface area contributed by atoms with Crippen molar-refractivity contribution >= 4 is 11.9 Å². The molecule has 262 valence electrons. The highest BCUT2D eigenvalue weighted by Gasteiger charge is 2.36. The second-order valence-corrected chi connectivity index (χ2v) is 13.2. The van der Waals surface area contributed by atoms with E-state index in [2.05, 4.69) is 5.32 Å². The van der Waals surface area contributed by atoms with Crippen molar-refractivity contribution in [3.63, 3.8) is 0 Å². The first-order valence-electron chi connectivity index (χ1n) is 15.7. The van der Waals surface area contributed by atoms with Gasteiger partial charge in [-0.05, 0) is 112 Å². The monoisotopic (exact) mass is 677 g/mol. The van der Waals surface area contributed by atoms with Crippen LogP contribution in [0.4, 0.5) is 22.0 Å². The lowest BCUT2D eigenvalue weighted by molar-refractivity contribution is -0.139. The van der Waals surface area contributed by atoms with E-state index in [0.717, 1.165) is 33.0 Å². The molecule has 7 nitrogen and oxygen atoms in total. The number of alkyl halides is 3. The van der Waals surface area contributed by atoms with Gasteiger partial charge in [-0.15, -0.1) is 0 Å². The Hall–Kier alpha value is -4.06. The lowest BCUT2D eigenvalue weighted by Crippen LogP contribution is -2.41. The number of aromatic nitrogens is 1. The van der Waals surface area contributed by atoms with Crippen molar-refractivity contribution in [1.82, 2.24) is 14.8 Å². The maximum absolute atomic E-state index is 16.6. The standard InChI is InChI=1S/C36H44F5N3O4/c1-18(2)12-28(44-17-24(10-11-43(8)9)26(15-29(44)45)36(39,40)41)35(48)42-27(16-30(46)47)32-33(37)21(5)14-25(34(32)38)31-22(6)19(3)13-20(4)23(31)7/h13-15,17-18,27-28H,10-12,16H2,1-9H3,(H,42,48)(H,46,47)/t27-,28?/m0/s1. The van der Waals surface area contributed by atoms with E-state index in [1.54, 1.807) is 46.7 Å². The van der Waals surface area contributed by atoms with Gasteiger partial charge in [0.2, 0.25) is 5.91 Å². The van der Waals surface area contributed by atoms with Gasteiger partial charge in [-0.2, -0.15) is 13.2 Å². The molecule has 0 aliphatic rings. The fraction of sp³-hybridized carbons (Fsp3) is 0.472. The van der Waals surface area contributed by atoms with E-state index < -0.39 is 64.9 Å². The summed E-state index contributed by atoms with van der Waals surface area (Å²) < 4.78 is 75.1. The third-order valence-corrected chi connectivity index (χ3v) is 8.73. The van der Waals surface area contributed by atoms with Crippen LogP contribution in [0.2, 0.25) is 0 Å². The molecule has 1 unspecified atom stereocenters. The summed E-state index contributed by atoms with van der Waals surface area (Å²) in [5.74, 6) is -4.76. The fourth-order valence-corrected chi connectivity index (χ4v) is 6.01. The van der Waals surface area contributed by atoms with E-state index in [4.69, 9.17) is 0 Å². The number of amides is 1. The van der Waals surface area contributed by atoms with Crippen LogP contribution in [-0.2, 0) is 22.2 Å². The molecular formula is C36H44F5N3O4. The van der Waals surface area contributed by atoms with Crippen molar-refractivity contribution in [3.8, 4) is 11.1 Å². The van der Waals surface area contributed by atoms with Gasteiger partial charge in [0.25, 0.3) is 5.56 Å². The average Bonchev–Trinajstić information content (AvgIpc) is 2.96. The summed E-state index contributed by atoms with van der Waals surface area (Å²) in [4.78, 5) is 40.9. The third kappa shape index (κ3) is 8.50. The number of nitrogens with zero attached hydrogens (tertiary/aromatic N) is 2. The average molecular weight is 678 g/mol. The largest absolute Gasteiger partial charge is 0.481 e. The number of carboxylic acid groups (broad SMARTS) is 1. The summed E-state index contributed by atoms with van der Waals surface area (Å²) >= 11 is 0. The molecule has 0 aliphatic heterocycles. The van der Waals surface area contributed by atoms with Gasteiger partial charge in [0.1, 0.15) is 17.7 Å². The highest BCUT2D eigenvalue weighted by molar-refractivity contribution is 5.82. The predicted octanol–water partition coefficient (Wildman–Crippen LogP) is 7.38. The molecule has 3 rings (SSSR count). The van der Waals surface area contributed by atoms with Crippen LogP contribution in [0.5, 0.6) is 0 Å². The molecular weight excluding hydrogens is 633 g/mol. The van der Waals surface area contributed by atoms with Crippen LogP contribution < -0.4 is 10.9 Å². The van der Waals surface area contributed by atoms with Crippen LogP contribution in [0.15, 0.2) is 29.2 Å². The van der Waals surface area contributed by atoms with Crippen LogP contribution in [-0.4, -0.2) is 47.1 Å². The summed E-state index contributed by atoms with van der Waals surface area (Å²) in [6, 6.07) is 0.615. The Morgan fingerprint density at radius 1 is 0.938 bits per heavy atom. The van der Waals surface area contributed by atoms with Crippen molar-refractivity contribution in [2.24, 2.45) is 5.92 Å². The zero-order chi connectivity index (χ0) is 36.4. The second-order valence-electron chi connectivity index (χ2n) is 13.2. The molecule has 0 aliphatic carbocycles. The van der Waals surface area contributed by atoms with E-state index >= 15 is 8.78 Å². The first-order chi connectivity index (χ1) is 22.1. The molecule has 2 N–H and O–H groups in total. The summed E-state index contributed by atoms with van der Waals surface area (Å²) in [5, 5.41) is 12.2. The highest BCUT2D eigenvalue weighted by Crippen LogP contribution is 2.39. The van der Waals surface area contributed by atoms with E-state index in [-0.39, 0.29) is 42.0 Å². The lowest BCUT2D eigenvalue weighted by atomic mass is 9.86. The maximum Gasteiger partial charge on any atom is 0.416 e. The number of benzene rings is 2. The van der Waals surface area contributed by atoms with E-state index in [1.165, 1.54) is 13.0 Å². The van der Waals surface area contributed by atoms with Crippen molar-refractivity contribution in [1.29, 1.82) is 0 Å². The molecule has 12 heteroatoms. The van der Waals surface area contributed by atoms with Gasteiger partial charge in [0.05, 0.1) is 18.0 Å². The van der Waals surface area contributed by atoms with E-state index in [1.807, 2.05) is 19.9 Å². The van der Waals surface area contributed by atoms with Crippen molar-refractivity contribution < 1.29 is 36.6 Å². The number of aryl methyl sites for hydroxylation is 3. The normalized spacial score (nSPS) is 13.2. The SMILES string of the molecule is Cc1cc(C)c(C)c(-c2cc(C)c(F)c([C@H](CC(=O)O)NC(=O)C(CC(C)C)n3cc(CCN(C)C)c(C(F)(F)F)cc3=O)c2F)c1C. The molecule has 0 radical (unpaired) electrons. The maximum atomic E-state index is 16.6. The van der Waals surface area contributed by atoms with Gasteiger partial charge < -0.3 is 19.9 Å². The lowest BCUT2D eigenvalue weighted by Gasteiger charge is -2.27. The molecule has 0 bridgehead atoms. The molecule has 2 atom stereocenters. The Labute approximate surface area is 277 Å². The van der Waals surface area contributed by atoms with Crippen LogP contribution in [0, 0.1) is 52.2 Å². The number of carbonyl (C=O) groups excluding carboxylic acids is 1. The Morgan fingerprint density at radius 2 is 1.52 bits per heavy atom. The smallest absolute Gasteiger partial charge is 0.416 e. The van der Waals surface area contributed by atoms with Crippen molar-refractivity contribution in [3.05, 3.63) is 90.9 Å². The highest BCUT2D eigenvalue weighted by atomic mass is 19.4. The number of hydrogen-bond acceptors (Lipinski definition) is 4. The minimum atomic E-state index is -4.83. The number of pyridine rings is 1. The van der Waals surface area contributed by atoms with Crippen molar-refractivity contribution in [2.45, 2.75) is 86.0 Å². The Balaban J connectivity index is 2.23. The Bertz CT molecular complexity index is 1740. The summed E-state index contributed by atoms with van der Waals surface area (Å²) in [6.07, 6.45) is -4.84. The molecule has 1 amide bonds. The minimum absolute atomic E-state index is 0.0206. The zero-order valence-corrected chi connectivity index (χ0v) is 28.8. The summed E-state index contributed by atoms with van der Waals surface area (Å²) in [5.41, 5.74) is 0.735.